The summed E-state index contributed by atoms with van der Waals surface area (Å²) in [7, 11) is 1.61. The molecule has 0 N–H and O–H groups in total. The van der Waals surface area contributed by atoms with Gasteiger partial charge < -0.3 is 14.5 Å². The van der Waals surface area contributed by atoms with E-state index >= 15 is 0 Å². The molecule has 2 aromatic carbocycles. The molecule has 0 aromatic heterocycles. The molecule has 12 rings (SSSR count). The van der Waals surface area contributed by atoms with Crippen LogP contribution < -0.4 is 9.80 Å². The highest BCUT2D eigenvalue weighted by molar-refractivity contribution is 5.90. The van der Waals surface area contributed by atoms with Crippen LogP contribution in [0.25, 0.3) is 0 Å². The number of nitrogens with zero attached hydrogens (tertiary/aromatic N) is 4. The van der Waals surface area contributed by atoms with Crippen LogP contribution in [0.1, 0.15) is 75.5 Å². The third kappa shape index (κ3) is 2.17. The summed E-state index contributed by atoms with van der Waals surface area (Å²) in [5, 5.41) is 0. The minimum atomic E-state index is -0.311. The average molecular weight is 615 g/mol. The standard InChI is InChI=1S/C40H46N4O2/c1-4-25-22-42-19-16-37-23-43-33-28(38-17-20-41-18-8-13-36(35(38)41)14-15-39(38,43)24(36)2)10-7-11-29(33)40(37)31(42)21-26(25)32(34(45)46-3)44(40)30-12-6-5-9-27(30)37/h4-7,9-12,24,26,31-32,35H,8,13-23H2,1-3H3/t24-,26-,31-,32-,35-,36-,37-,38+,39-,40+/m0/s1. The van der Waals surface area contributed by atoms with Crippen molar-refractivity contribution in [3.63, 3.8) is 0 Å². The van der Waals surface area contributed by atoms with Crippen LogP contribution in [0, 0.1) is 17.3 Å². The molecule has 4 bridgehead atoms. The first-order valence-electron chi connectivity index (χ1n) is 18.5. The third-order valence-corrected chi connectivity index (χ3v) is 17.0. The Hall–Kier alpha value is -2.83. The summed E-state index contributed by atoms with van der Waals surface area (Å²) < 4.78 is 5.77. The third-order valence-electron chi connectivity index (χ3n) is 17.0. The van der Waals surface area contributed by atoms with Crippen LogP contribution in [0.4, 0.5) is 11.4 Å². The Morgan fingerprint density at radius 3 is 2.63 bits per heavy atom. The van der Waals surface area contributed by atoms with E-state index in [-0.39, 0.29) is 39.8 Å². The second-order valence-corrected chi connectivity index (χ2v) is 17.1. The van der Waals surface area contributed by atoms with Gasteiger partial charge >= 0.3 is 5.97 Å². The highest BCUT2D eigenvalue weighted by Crippen LogP contribution is 2.83. The molecule has 4 spiro atoms. The molecule has 2 aromatic rings. The zero-order chi connectivity index (χ0) is 30.6. The van der Waals surface area contributed by atoms with Gasteiger partial charge in [-0.2, -0.15) is 0 Å². The number of esters is 1. The Bertz CT molecular complexity index is 1820. The van der Waals surface area contributed by atoms with Gasteiger partial charge in [-0.1, -0.05) is 55.0 Å². The Balaban J connectivity index is 1.20. The van der Waals surface area contributed by atoms with Gasteiger partial charge in [0.05, 0.1) is 18.2 Å². The first-order chi connectivity index (χ1) is 22.5. The molecule has 10 aliphatic rings. The minimum absolute atomic E-state index is 0.0614. The number of allylic oxidation sites excluding steroid dienone is 1. The SMILES string of the molecule is CC=C1CN2CC[C@@]34CN5c6c(cccc6[C@@]67CCN8CCC[C@@]9(CC[C@@]56[C@H]9C)[C@H]87)[C@@]35[C@@H]2C[C@@H]1[C@@H](C(=O)OC)N5c1ccccc14. The van der Waals surface area contributed by atoms with Crippen molar-refractivity contribution in [3.05, 3.63) is 70.8 Å². The van der Waals surface area contributed by atoms with Crippen molar-refractivity contribution >= 4 is 17.3 Å². The number of fused-ring (bicyclic) bond motifs is 3. The highest BCUT2D eigenvalue weighted by atomic mass is 16.5. The van der Waals surface area contributed by atoms with Crippen molar-refractivity contribution in [2.75, 3.05) is 49.6 Å². The summed E-state index contributed by atoms with van der Waals surface area (Å²) in [5.41, 5.74) is 9.51. The van der Waals surface area contributed by atoms with E-state index in [1.54, 1.807) is 18.4 Å². The fourth-order valence-corrected chi connectivity index (χ4v) is 16.1. The van der Waals surface area contributed by atoms with Gasteiger partial charge in [0.2, 0.25) is 0 Å². The molecular weight excluding hydrogens is 568 g/mol. The normalized spacial score (nSPS) is 48.7. The molecule has 10 atom stereocenters. The van der Waals surface area contributed by atoms with Crippen molar-refractivity contribution in [3.8, 4) is 0 Å². The van der Waals surface area contributed by atoms with Crippen LogP contribution in [-0.2, 0) is 25.9 Å². The Kier molecular flexibility index (Phi) is 4.40. The number of carbonyl (C=O) groups is 1. The molecule has 0 radical (unpaired) electrons. The second-order valence-electron chi connectivity index (χ2n) is 17.1. The zero-order valence-electron chi connectivity index (χ0n) is 27.6. The highest BCUT2D eigenvalue weighted by Gasteiger charge is 2.87. The number of rotatable bonds is 1. The van der Waals surface area contributed by atoms with Crippen molar-refractivity contribution < 1.29 is 9.53 Å². The lowest BCUT2D eigenvalue weighted by molar-refractivity contribution is -0.148. The van der Waals surface area contributed by atoms with E-state index < -0.39 is 0 Å². The van der Waals surface area contributed by atoms with Crippen LogP contribution in [0.15, 0.2) is 54.1 Å². The van der Waals surface area contributed by atoms with Crippen LogP contribution in [0.2, 0.25) is 0 Å². The Labute approximate surface area is 272 Å². The Morgan fingerprint density at radius 2 is 1.76 bits per heavy atom. The maximum Gasteiger partial charge on any atom is 0.329 e. The molecule has 8 heterocycles. The van der Waals surface area contributed by atoms with Gasteiger partial charge in [0.1, 0.15) is 6.04 Å². The van der Waals surface area contributed by atoms with Gasteiger partial charge in [0, 0.05) is 58.9 Å². The number of piperidine rings is 4. The second kappa shape index (κ2) is 7.73. The number of hydrogen-bond acceptors (Lipinski definition) is 6. The predicted molar refractivity (Wildman–Crippen MR) is 178 cm³/mol. The fourth-order valence-electron chi connectivity index (χ4n) is 16.1. The maximum absolute atomic E-state index is 14.3. The molecule has 238 valence electrons. The van der Waals surface area contributed by atoms with Crippen LogP contribution in [-0.4, -0.2) is 79.3 Å². The zero-order valence-corrected chi connectivity index (χ0v) is 27.6. The van der Waals surface area contributed by atoms with E-state index in [0.717, 1.165) is 32.5 Å². The maximum atomic E-state index is 14.3. The molecule has 8 aliphatic heterocycles. The van der Waals surface area contributed by atoms with E-state index in [0.29, 0.717) is 23.4 Å². The molecule has 6 heteroatoms. The Morgan fingerprint density at radius 1 is 0.935 bits per heavy atom. The van der Waals surface area contributed by atoms with E-state index in [1.807, 2.05) is 0 Å². The molecular formula is C40H46N4O2. The fraction of sp³-hybridized carbons (Fsp3) is 0.625. The summed E-state index contributed by atoms with van der Waals surface area (Å²) >= 11 is 0. The first-order valence-corrected chi connectivity index (χ1v) is 18.5. The summed E-state index contributed by atoms with van der Waals surface area (Å²) in [6.45, 7) is 10.6. The molecule has 5 saturated heterocycles. The smallest absolute Gasteiger partial charge is 0.329 e. The molecule has 2 aliphatic carbocycles. The largest absolute Gasteiger partial charge is 0.467 e. The number of hydrogen-bond donors (Lipinski definition) is 0. The number of benzene rings is 2. The molecule has 2 saturated carbocycles. The van der Waals surface area contributed by atoms with Gasteiger partial charge in [-0.3, -0.25) is 9.80 Å². The summed E-state index contributed by atoms with van der Waals surface area (Å²) in [6, 6.07) is 17.6. The number of para-hydroxylation sites is 2. The lowest BCUT2D eigenvalue weighted by Crippen LogP contribution is -2.81. The van der Waals surface area contributed by atoms with Crippen molar-refractivity contribution in [1.82, 2.24) is 9.80 Å². The molecule has 0 amide bonds. The quantitative estimate of drug-likeness (QED) is 0.319. The lowest BCUT2D eigenvalue weighted by atomic mass is 9.50. The van der Waals surface area contributed by atoms with E-state index in [4.69, 9.17) is 4.74 Å². The molecule has 46 heavy (non-hydrogen) atoms. The van der Waals surface area contributed by atoms with Crippen molar-refractivity contribution in [1.29, 1.82) is 0 Å². The number of ether oxygens (including phenoxy) is 1. The molecule has 0 unspecified atom stereocenters. The molecule has 6 nitrogen and oxygen atoms in total. The van der Waals surface area contributed by atoms with Gasteiger partial charge in [0.15, 0.2) is 0 Å². The van der Waals surface area contributed by atoms with Gasteiger partial charge in [-0.15, -0.1) is 0 Å². The van der Waals surface area contributed by atoms with Crippen molar-refractivity contribution in [2.45, 2.75) is 98.8 Å². The number of anilines is 2. The van der Waals surface area contributed by atoms with Gasteiger partial charge in [-0.25, -0.2) is 4.79 Å². The number of methoxy groups -OCH3 is 1. The van der Waals surface area contributed by atoms with Gasteiger partial charge in [-0.05, 0) is 100 Å². The van der Waals surface area contributed by atoms with Crippen molar-refractivity contribution in [2.24, 2.45) is 17.3 Å². The van der Waals surface area contributed by atoms with E-state index in [1.165, 1.54) is 67.6 Å². The van der Waals surface area contributed by atoms with Gasteiger partial charge in [0.25, 0.3) is 0 Å². The lowest BCUT2D eigenvalue weighted by Gasteiger charge is -2.71. The monoisotopic (exact) mass is 614 g/mol. The van der Waals surface area contributed by atoms with Crippen LogP contribution in [0.5, 0.6) is 0 Å². The predicted octanol–water partition coefficient (Wildman–Crippen LogP) is 5.34. The van der Waals surface area contributed by atoms with Crippen LogP contribution >= 0.6 is 0 Å². The van der Waals surface area contributed by atoms with Crippen LogP contribution in [0.3, 0.4) is 0 Å². The minimum Gasteiger partial charge on any atom is -0.467 e. The summed E-state index contributed by atoms with van der Waals surface area (Å²) in [6.07, 6.45) is 11.3. The number of carbonyl (C=O) groups excluding carboxylic acids is 1. The summed E-state index contributed by atoms with van der Waals surface area (Å²) in [4.78, 5) is 25.9. The molecule has 7 fully saturated rings. The topological polar surface area (TPSA) is 39.3 Å². The first kappa shape index (κ1) is 26.2. The average Bonchev–Trinajstić information content (AvgIpc) is 3.82. The van der Waals surface area contributed by atoms with E-state index in [9.17, 15) is 4.79 Å². The summed E-state index contributed by atoms with van der Waals surface area (Å²) in [5.74, 6) is 0.810. The van der Waals surface area contributed by atoms with E-state index in [2.05, 4.69) is 82.0 Å².